The van der Waals surface area contributed by atoms with Crippen molar-refractivity contribution in [2.24, 2.45) is 17.8 Å². The van der Waals surface area contributed by atoms with E-state index in [4.69, 9.17) is 4.74 Å². The van der Waals surface area contributed by atoms with Crippen LogP contribution in [0.2, 0.25) is 0 Å². The van der Waals surface area contributed by atoms with Crippen molar-refractivity contribution >= 4 is 29.3 Å². The smallest absolute Gasteiger partial charge is 0.410 e. The van der Waals surface area contributed by atoms with Crippen molar-refractivity contribution in [2.45, 2.75) is 57.6 Å². The molecule has 3 heterocycles. The van der Waals surface area contributed by atoms with Gasteiger partial charge in [-0.25, -0.2) is 9.78 Å². The van der Waals surface area contributed by atoms with E-state index in [1.165, 1.54) is 4.90 Å². The second-order valence-corrected chi connectivity index (χ2v) is 11.3. The summed E-state index contributed by atoms with van der Waals surface area (Å²) in [7, 11) is 0. The number of hydrogen-bond acceptors (Lipinski definition) is 5. The Hall–Kier alpha value is -2.22. The first kappa shape index (κ1) is 22.0. The predicted molar refractivity (Wildman–Crippen MR) is 121 cm³/mol. The third-order valence-corrected chi connectivity index (χ3v) is 6.92. The normalized spacial score (nSPS) is 23.0. The number of amides is 2. The summed E-state index contributed by atoms with van der Waals surface area (Å²) in [6.07, 6.45) is 3.59. The van der Waals surface area contributed by atoms with Crippen LogP contribution in [0.25, 0.3) is 5.52 Å². The van der Waals surface area contributed by atoms with Crippen molar-refractivity contribution in [1.29, 1.82) is 0 Å². The van der Waals surface area contributed by atoms with Gasteiger partial charge < -0.3 is 19.4 Å². The Bertz CT molecular complexity index is 998. The van der Waals surface area contributed by atoms with Gasteiger partial charge in [0.2, 0.25) is 5.91 Å². The van der Waals surface area contributed by atoms with Crippen LogP contribution in [0, 0.1) is 17.8 Å². The van der Waals surface area contributed by atoms with Gasteiger partial charge in [0.05, 0.1) is 17.3 Å². The van der Waals surface area contributed by atoms with Gasteiger partial charge in [0, 0.05) is 30.1 Å². The summed E-state index contributed by atoms with van der Waals surface area (Å²) < 4.78 is 7.52. The number of rotatable bonds is 5. The summed E-state index contributed by atoms with van der Waals surface area (Å²) in [5, 5.41) is 3.21. The average Bonchev–Trinajstić information content (AvgIpc) is 3.02. The molecule has 3 atom stereocenters. The molecule has 2 aromatic heterocycles. The van der Waals surface area contributed by atoms with Crippen molar-refractivity contribution in [1.82, 2.24) is 19.6 Å². The van der Waals surface area contributed by atoms with Gasteiger partial charge in [-0.3, -0.25) is 4.79 Å². The molecule has 0 radical (unpaired) electrons. The molecule has 1 saturated carbocycles. The molecule has 31 heavy (non-hydrogen) atoms. The first-order valence-electron chi connectivity index (χ1n) is 10.9. The lowest BCUT2D eigenvalue weighted by Gasteiger charge is -2.27. The number of nitrogens with zero attached hydrogens (tertiary/aromatic N) is 3. The fourth-order valence-electron chi connectivity index (χ4n) is 4.57. The molecule has 0 spiro atoms. The number of thioether (sulfide) groups is 1. The minimum absolute atomic E-state index is 0.0414. The summed E-state index contributed by atoms with van der Waals surface area (Å²) >= 11 is 1.78. The molecule has 4 rings (SSSR count). The number of ether oxygens (including phenoxy) is 1. The Morgan fingerprint density at radius 2 is 1.90 bits per heavy atom. The van der Waals surface area contributed by atoms with Crippen molar-refractivity contribution in [2.75, 3.05) is 18.8 Å². The van der Waals surface area contributed by atoms with Crippen LogP contribution in [0.15, 0.2) is 29.4 Å². The van der Waals surface area contributed by atoms with Gasteiger partial charge in [-0.05, 0) is 64.3 Å². The molecule has 168 valence electrons. The van der Waals surface area contributed by atoms with Crippen LogP contribution in [-0.2, 0) is 15.1 Å². The molecule has 1 saturated heterocycles. The molecule has 0 aromatic carbocycles. The number of nitrogens with one attached hydrogen (secondary N) is 1. The van der Waals surface area contributed by atoms with E-state index in [0.29, 0.717) is 13.1 Å². The number of fused-ring (bicyclic) bond motifs is 2. The zero-order valence-corrected chi connectivity index (χ0v) is 20.0. The highest BCUT2D eigenvalue weighted by molar-refractivity contribution is 7.99. The molecule has 2 amide bonds. The number of aromatic nitrogens is 2. The van der Waals surface area contributed by atoms with Crippen LogP contribution in [-0.4, -0.2) is 50.7 Å². The van der Waals surface area contributed by atoms with Crippen LogP contribution >= 0.6 is 11.8 Å². The maximum absolute atomic E-state index is 13.1. The molecule has 2 fully saturated rings. The minimum Gasteiger partial charge on any atom is -0.444 e. The SMILES string of the molecule is CCSc1cccn2c(C(C)(C)NC(=O)C3[C@H]4CN(C(=O)OC(C)(C)C)C[C@@H]34)ncc12. The molecule has 1 unspecified atom stereocenters. The summed E-state index contributed by atoms with van der Waals surface area (Å²) in [5.41, 5.74) is -0.0589. The van der Waals surface area contributed by atoms with Gasteiger partial charge in [-0.2, -0.15) is 0 Å². The highest BCUT2D eigenvalue weighted by Gasteiger charge is 2.61. The van der Waals surface area contributed by atoms with Gasteiger partial charge in [-0.15, -0.1) is 11.8 Å². The Kier molecular flexibility index (Phi) is 5.48. The van der Waals surface area contributed by atoms with E-state index in [-0.39, 0.29) is 29.8 Å². The number of likely N-dealkylation sites (tertiary alicyclic amines) is 1. The molecular weight excluding hydrogens is 412 g/mol. The van der Waals surface area contributed by atoms with E-state index in [1.54, 1.807) is 16.7 Å². The quantitative estimate of drug-likeness (QED) is 0.708. The highest BCUT2D eigenvalue weighted by atomic mass is 32.2. The molecule has 2 aliphatic rings. The van der Waals surface area contributed by atoms with Gasteiger partial charge in [-0.1, -0.05) is 6.92 Å². The Morgan fingerprint density at radius 1 is 1.23 bits per heavy atom. The van der Waals surface area contributed by atoms with Crippen LogP contribution in [0.5, 0.6) is 0 Å². The molecule has 8 heteroatoms. The van der Waals surface area contributed by atoms with Crippen molar-refractivity contribution in [3.05, 3.63) is 30.4 Å². The van der Waals surface area contributed by atoms with Crippen molar-refractivity contribution in [3.8, 4) is 0 Å². The lowest BCUT2D eigenvalue weighted by Crippen LogP contribution is -2.45. The predicted octanol–water partition coefficient (Wildman–Crippen LogP) is 3.91. The first-order chi connectivity index (χ1) is 14.5. The fraction of sp³-hybridized carbons (Fsp3) is 0.609. The maximum atomic E-state index is 13.1. The topological polar surface area (TPSA) is 75.9 Å². The monoisotopic (exact) mass is 444 g/mol. The van der Waals surface area contributed by atoms with Crippen molar-refractivity contribution in [3.63, 3.8) is 0 Å². The number of carbonyl (C=O) groups is 2. The van der Waals surface area contributed by atoms with Gasteiger partial charge in [0.25, 0.3) is 0 Å². The van der Waals surface area contributed by atoms with Gasteiger partial charge in [0.15, 0.2) is 0 Å². The standard InChI is InChI=1S/C23H32N4O3S/c1-7-31-17-9-8-10-27-16(17)11-24-20(27)23(5,6)25-19(28)18-14-12-26(13-15(14)18)21(29)30-22(2,3)4/h8-11,14-15,18H,7,12-13H2,1-6H3,(H,25,28)/t14-,15+,18?. The molecule has 1 aliphatic carbocycles. The largest absolute Gasteiger partial charge is 0.444 e. The Balaban J connectivity index is 1.41. The van der Waals surface area contributed by atoms with E-state index >= 15 is 0 Å². The lowest BCUT2D eigenvalue weighted by molar-refractivity contribution is -0.125. The molecule has 1 aliphatic heterocycles. The van der Waals surface area contributed by atoms with Crippen LogP contribution in [0.4, 0.5) is 4.79 Å². The fourth-order valence-corrected chi connectivity index (χ4v) is 5.36. The third-order valence-electron chi connectivity index (χ3n) is 5.98. The zero-order valence-electron chi connectivity index (χ0n) is 19.1. The number of pyridine rings is 1. The van der Waals surface area contributed by atoms with E-state index < -0.39 is 11.1 Å². The van der Waals surface area contributed by atoms with Gasteiger partial charge >= 0.3 is 6.09 Å². The van der Waals surface area contributed by atoms with Crippen LogP contribution in [0.1, 0.15) is 47.4 Å². The molecule has 0 bridgehead atoms. The summed E-state index contributed by atoms with van der Waals surface area (Å²) in [6, 6.07) is 4.12. The average molecular weight is 445 g/mol. The van der Waals surface area contributed by atoms with E-state index in [9.17, 15) is 9.59 Å². The minimum atomic E-state index is -0.610. The molecular formula is C23H32N4O3S. The second-order valence-electron chi connectivity index (χ2n) is 10.00. The van der Waals surface area contributed by atoms with E-state index in [2.05, 4.69) is 27.7 Å². The summed E-state index contributed by atoms with van der Waals surface area (Å²) in [4.78, 5) is 32.9. The Labute approximate surface area is 187 Å². The maximum Gasteiger partial charge on any atom is 0.410 e. The molecule has 1 N–H and O–H groups in total. The number of carbonyl (C=O) groups excluding carboxylic acids is 2. The van der Waals surface area contributed by atoms with E-state index in [1.807, 2.05) is 53.1 Å². The summed E-state index contributed by atoms with van der Waals surface area (Å²) in [5.74, 6) is 2.23. The number of hydrogen-bond donors (Lipinski definition) is 1. The van der Waals surface area contributed by atoms with E-state index in [0.717, 1.165) is 17.1 Å². The van der Waals surface area contributed by atoms with Crippen LogP contribution < -0.4 is 5.32 Å². The zero-order chi connectivity index (χ0) is 22.6. The first-order valence-corrected chi connectivity index (χ1v) is 11.9. The van der Waals surface area contributed by atoms with Gasteiger partial charge in [0.1, 0.15) is 11.4 Å². The molecule has 7 nitrogen and oxygen atoms in total. The third kappa shape index (κ3) is 4.27. The number of imidazole rings is 1. The van der Waals surface area contributed by atoms with Crippen LogP contribution in [0.3, 0.4) is 0 Å². The number of piperidine rings is 1. The summed E-state index contributed by atoms with van der Waals surface area (Å²) in [6.45, 7) is 12.9. The second kappa shape index (κ2) is 7.73. The Morgan fingerprint density at radius 3 is 2.52 bits per heavy atom. The lowest BCUT2D eigenvalue weighted by atomic mass is 10.0. The molecule has 2 aromatic rings. The van der Waals surface area contributed by atoms with Crippen molar-refractivity contribution < 1.29 is 14.3 Å². The highest BCUT2D eigenvalue weighted by Crippen LogP contribution is 2.52.